The van der Waals surface area contributed by atoms with Gasteiger partial charge in [-0.05, 0) is 36.1 Å². The summed E-state index contributed by atoms with van der Waals surface area (Å²) in [7, 11) is 0. The Bertz CT molecular complexity index is 906. The molecule has 0 spiro atoms. The second-order valence-electron chi connectivity index (χ2n) is 6.65. The van der Waals surface area contributed by atoms with Crippen LogP contribution < -0.4 is 5.32 Å². The summed E-state index contributed by atoms with van der Waals surface area (Å²) >= 11 is 0. The molecule has 7 heteroatoms. The first-order valence-electron chi connectivity index (χ1n) is 8.69. The van der Waals surface area contributed by atoms with Crippen molar-refractivity contribution in [1.29, 1.82) is 0 Å². The molecule has 0 bridgehead atoms. The Morgan fingerprint density at radius 1 is 1.04 bits per heavy atom. The normalized spacial score (nSPS) is 21.7. The highest BCUT2D eigenvalue weighted by molar-refractivity contribution is 5.94. The van der Waals surface area contributed by atoms with E-state index >= 15 is 0 Å². The van der Waals surface area contributed by atoms with Gasteiger partial charge < -0.3 is 15.5 Å². The number of hydrogen-bond donors (Lipinski definition) is 3. The van der Waals surface area contributed by atoms with E-state index in [1.54, 1.807) is 30.3 Å². The fourth-order valence-corrected chi connectivity index (χ4v) is 3.19. The zero-order chi connectivity index (χ0) is 20.3. The van der Waals surface area contributed by atoms with Crippen LogP contribution in [0.15, 0.2) is 48.5 Å². The van der Waals surface area contributed by atoms with Crippen molar-refractivity contribution in [3.05, 3.63) is 59.7 Å². The molecule has 0 radical (unpaired) electrons. The summed E-state index contributed by atoms with van der Waals surface area (Å²) in [5.41, 5.74) is -0.288. The molecule has 4 nitrogen and oxygen atoms in total. The fraction of sp³-hybridized carbons (Fsp3) is 0.286. The zero-order valence-corrected chi connectivity index (χ0v) is 14.7. The van der Waals surface area contributed by atoms with Gasteiger partial charge in [-0.15, -0.1) is 0 Å². The first-order valence-corrected chi connectivity index (χ1v) is 8.69. The molecule has 0 saturated heterocycles. The highest BCUT2D eigenvalue weighted by Crippen LogP contribution is 2.37. The van der Waals surface area contributed by atoms with Crippen LogP contribution in [0.4, 0.5) is 13.2 Å². The van der Waals surface area contributed by atoms with Gasteiger partial charge in [-0.25, -0.2) is 0 Å². The van der Waals surface area contributed by atoms with Crippen LogP contribution >= 0.6 is 0 Å². The van der Waals surface area contributed by atoms with Crippen molar-refractivity contribution >= 4 is 5.91 Å². The summed E-state index contributed by atoms with van der Waals surface area (Å²) in [4.78, 5) is 11.9. The van der Waals surface area contributed by atoms with Crippen molar-refractivity contribution < 1.29 is 28.2 Å². The van der Waals surface area contributed by atoms with Gasteiger partial charge >= 0.3 is 6.18 Å². The Morgan fingerprint density at radius 3 is 2.29 bits per heavy atom. The Kier molecular flexibility index (Phi) is 5.73. The molecule has 2 aromatic carbocycles. The highest BCUT2D eigenvalue weighted by atomic mass is 19.4. The van der Waals surface area contributed by atoms with Crippen molar-refractivity contribution in [3.8, 4) is 23.0 Å². The molecule has 1 saturated carbocycles. The van der Waals surface area contributed by atoms with Crippen molar-refractivity contribution in [3.63, 3.8) is 0 Å². The van der Waals surface area contributed by atoms with Crippen LogP contribution in [0.3, 0.4) is 0 Å². The molecule has 1 aliphatic rings. The van der Waals surface area contributed by atoms with E-state index in [4.69, 9.17) is 0 Å². The number of alkyl halides is 3. The molecular formula is C21H18F3NO3. The van der Waals surface area contributed by atoms with Crippen LogP contribution in [-0.4, -0.2) is 34.4 Å². The van der Waals surface area contributed by atoms with Crippen molar-refractivity contribution in [2.75, 3.05) is 0 Å². The van der Waals surface area contributed by atoms with Crippen molar-refractivity contribution in [2.24, 2.45) is 0 Å². The third-order valence-electron chi connectivity index (χ3n) is 4.56. The summed E-state index contributed by atoms with van der Waals surface area (Å²) in [6.45, 7) is 0. The second-order valence-corrected chi connectivity index (χ2v) is 6.65. The molecule has 1 fully saturated rings. The second kappa shape index (κ2) is 8.05. The predicted molar refractivity (Wildman–Crippen MR) is 96.9 cm³/mol. The lowest BCUT2D eigenvalue weighted by molar-refractivity contribution is -0.137. The van der Waals surface area contributed by atoms with Crippen LogP contribution in [-0.2, 0) is 11.0 Å². The number of carbonyl (C=O) groups is 1. The van der Waals surface area contributed by atoms with Crippen LogP contribution in [0.2, 0.25) is 0 Å². The van der Waals surface area contributed by atoms with Crippen molar-refractivity contribution in [1.82, 2.24) is 5.32 Å². The number of hydrogen-bond acceptors (Lipinski definition) is 3. The molecule has 0 aliphatic heterocycles. The maximum absolute atomic E-state index is 13.5. The number of carbonyl (C=O) groups excluding carboxylic acids is 1. The number of benzene rings is 2. The molecule has 3 atom stereocenters. The summed E-state index contributed by atoms with van der Waals surface area (Å²) in [6, 6.07) is 11.5. The van der Waals surface area contributed by atoms with E-state index in [0.29, 0.717) is 5.56 Å². The van der Waals surface area contributed by atoms with Gasteiger partial charge in [0.15, 0.2) is 0 Å². The summed E-state index contributed by atoms with van der Waals surface area (Å²) in [5, 5.41) is 21.5. The lowest BCUT2D eigenvalue weighted by atomic mass is 9.97. The lowest BCUT2D eigenvalue weighted by Crippen LogP contribution is -2.32. The quantitative estimate of drug-likeness (QED) is 0.692. The number of amides is 1. The Hall–Kier alpha value is -2.82. The number of aliphatic hydroxyl groups is 2. The Balaban J connectivity index is 1.80. The molecule has 3 N–H and O–H groups in total. The zero-order valence-electron chi connectivity index (χ0n) is 14.7. The minimum Gasteiger partial charge on any atom is -0.390 e. The van der Waals surface area contributed by atoms with Gasteiger partial charge in [-0.2, -0.15) is 13.2 Å². The van der Waals surface area contributed by atoms with E-state index in [1.165, 1.54) is 12.1 Å². The Morgan fingerprint density at radius 2 is 1.68 bits per heavy atom. The first-order chi connectivity index (χ1) is 13.2. The largest absolute Gasteiger partial charge is 0.417 e. The van der Waals surface area contributed by atoms with Gasteiger partial charge in [0.25, 0.3) is 5.91 Å². The third-order valence-corrected chi connectivity index (χ3v) is 4.56. The molecule has 28 heavy (non-hydrogen) atoms. The minimum atomic E-state index is -4.57. The third kappa shape index (κ3) is 4.71. The number of nitrogens with one attached hydrogen (secondary N) is 1. The lowest BCUT2D eigenvalue weighted by Gasteiger charge is -2.13. The van der Waals surface area contributed by atoms with E-state index in [1.807, 2.05) is 0 Å². The number of halogens is 3. The smallest absolute Gasteiger partial charge is 0.390 e. The SMILES string of the molecule is O=C(C#Cc1ccc(-c2ccccc2)c(C(F)(F)F)c1)NC1C[C@@H](O)[C@@H](O)C1. The number of rotatable bonds is 2. The first kappa shape index (κ1) is 19.9. The molecule has 146 valence electrons. The maximum atomic E-state index is 13.5. The summed E-state index contributed by atoms with van der Waals surface area (Å²) in [5.74, 6) is 4.03. The predicted octanol–water partition coefficient (Wildman–Crippen LogP) is 2.72. The number of aliphatic hydroxyl groups excluding tert-OH is 2. The van der Waals surface area contributed by atoms with Gasteiger partial charge in [0, 0.05) is 17.5 Å². The van der Waals surface area contributed by atoms with Crippen molar-refractivity contribution in [2.45, 2.75) is 37.3 Å². The Labute approximate surface area is 160 Å². The van der Waals surface area contributed by atoms with E-state index in [9.17, 15) is 28.2 Å². The molecule has 0 aromatic heterocycles. The summed E-state index contributed by atoms with van der Waals surface area (Å²) in [6.07, 6.45) is -5.96. The van der Waals surface area contributed by atoms with Crippen LogP contribution in [0.1, 0.15) is 24.0 Å². The van der Waals surface area contributed by atoms with E-state index < -0.39 is 35.9 Å². The van der Waals surface area contributed by atoms with Gasteiger partial charge in [-0.1, -0.05) is 42.3 Å². The van der Waals surface area contributed by atoms with Crippen LogP contribution in [0.5, 0.6) is 0 Å². The van der Waals surface area contributed by atoms with E-state index in [-0.39, 0.29) is 24.0 Å². The topological polar surface area (TPSA) is 69.6 Å². The standard InChI is InChI=1S/C21H18F3NO3/c22-21(23,24)17-10-13(6-8-16(17)14-4-2-1-3-5-14)7-9-20(28)25-15-11-18(26)19(27)12-15/h1-6,8,10,15,18-19,26-27H,11-12H2,(H,25,28)/t15?,18-,19+. The van der Waals surface area contributed by atoms with Gasteiger partial charge in [0.05, 0.1) is 17.8 Å². The summed E-state index contributed by atoms with van der Waals surface area (Å²) < 4.78 is 40.4. The molecule has 1 amide bonds. The monoisotopic (exact) mass is 389 g/mol. The van der Waals surface area contributed by atoms with Gasteiger partial charge in [-0.3, -0.25) is 4.79 Å². The van der Waals surface area contributed by atoms with E-state index in [2.05, 4.69) is 17.2 Å². The van der Waals surface area contributed by atoms with Gasteiger partial charge in [0.2, 0.25) is 0 Å². The fourth-order valence-electron chi connectivity index (χ4n) is 3.19. The van der Waals surface area contributed by atoms with Crippen LogP contribution in [0.25, 0.3) is 11.1 Å². The van der Waals surface area contributed by atoms with E-state index in [0.717, 1.165) is 6.07 Å². The molecule has 3 rings (SSSR count). The molecule has 1 unspecified atom stereocenters. The molecule has 1 aliphatic carbocycles. The molecule has 0 heterocycles. The average Bonchev–Trinajstić information content (AvgIpc) is 2.97. The molecular weight excluding hydrogens is 371 g/mol. The highest BCUT2D eigenvalue weighted by Gasteiger charge is 2.34. The minimum absolute atomic E-state index is 0.0389. The maximum Gasteiger partial charge on any atom is 0.417 e. The van der Waals surface area contributed by atoms with Crippen LogP contribution in [0, 0.1) is 11.8 Å². The van der Waals surface area contributed by atoms with Gasteiger partial charge in [0.1, 0.15) is 0 Å². The molecule has 2 aromatic rings. The average molecular weight is 389 g/mol.